The van der Waals surface area contributed by atoms with Crippen molar-refractivity contribution in [3.05, 3.63) is 72.1 Å². The second-order valence-corrected chi connectivity index (χ2v) is 12.0. The summed E-state index contributed by atoms with van der Waals surface area (Å²) in [5, 5.41) is 15.0. The summed E-state index contributed by atoms with van der Waals surface area (Å²) >= 11 is 0. The fraction of sp³-hybridized carbons (Fsp3) is 0.467. The van der Waals surface area contributed by atoms with Crippen molar-refractivity contribution in [3.8, 4) is 11.1 Å². The predicted octanol–water partition coefficient (Wildman–Crippen LogP) is 3.91. The number of aliphatic hydroxyl groups is 1. The highest BCUT2D eigenvalue weighted by Gasteiger charge is 2.52. The lowest BCUT2D eigenvalue weighted by Crippen LogP contribution is -2.50. The normalized spacial score (nSPS) is 21.1. The van der Waals surface area contributed by atoms with Gasteiger partial charge in [0.25, 0.3) is 0 Å². The van der Waals surface area contributed by atoms with E-state index >= 15 is 0 Å². The van der Waals surface area contributed by atoms with Crippen LogP contribution in [0.2, 0.25) is 0 Å². The summed E-state index contributed by atoms with van der Waals surface area (Å²) < 4.78 is 20.0. The van der Waals surface area contributed by atoms with E-state index in [0.717, 1.165) is 5.46 Å². The second-order valence-electron chi connectivity index (χ2n) is 12.0. The van der Waals surface area contributed by atoms with Crippen LogP contribution in [0.3, 0.4) is 0 Å². The van der Waals surface area contributed by atoms with Crippen molar-refractivity contribution >= 4 is 18.7 Å². The molecule has 3 aromatic rings. The molecule has 9 heteroatoms. The first-order valence-corrected chi connectivity index (χ1v) is 13.8. The van der Waals surface area contributed by atoms with E-state index < -0.39 is 23.9 Å². The second kappa shape index (κ2) is 9.50. The van der Waals surface area contributed by atoms with Crippen LogP contribution in [0.15, 0.2) is 60.9 Å². The van der Waals surface area contributed by atoms with E-state index in [-0.39, 0.29) is 18.6 Å². The van der Waals surface area contributed by atoms with E-state index in [1.807, 2.05) is 62.8 Å². The van der Waals surface area contributed by atoms with Gasteiger partial charge in [-0.25, -0.2) is 4.79 Å². The Bertz CT molecular complexity index is 1320. The van der Waals surface area contributed by atoms with Crippen LogP contribution in [0.25, 0.3) is 11.1 Å². The number of aromatic nitrogens is 2. The van der Waals surface area contributed by atoms with Gasteiger partial charge in [-0.1, -0.05) is 48.5 Å². The highest BCUT2D eigenvalue weighted by molar-refractivity contribution is 6.62. The largest absolute Gasteiger partial charge is 0.498 e. The molecular formula is C30H36BN3O5. The number of hydrogen-bond acceptors (Lipinski definition) is 6. The number of ether oxygens (including phenoxy) is 1. The highest BCUT2D eigenvalue weighted by atomic mass is 16.7. The fourth-order valence-corrected chi connectivity index (χ4v) is 5.95. The number of likely N-dealkylation sites (tertiary alicyclic amines) is 1. The molecule has 0 radical (unpaired) electrons. The zero-order chi connectivity index (χ0) is 27.4. The standard InChI is InChI=1S/C30H36BN3O5/c1-28(2)29(3,4)39-31(38-28)21-17-32-34(18-21)30(20-35)13-15-33(16-14-30)27(36)37-19-26-24-11-7-5-9-22(24)23-10-6-8-12-25(23)26/h5-12,17-18,26,35H,13-16,19-20H2,1-4H3. The zero-order valence-corrected chi connectivity index (χ0v) is 23.1. The summed E-state index contributed by atoms with van der Waals surface area (Å²) in [7, 11) is -0.514. The number of carbonyl (C=O) groups excluding carboxylic acids is 1. The van der Waals surface area contributed by atoms with E-state index in [1.54, 1.807) is 11.1 Å². The number of aliphatic hydroxyl groups excluding tert-OH is 1. The van der Waals surface area contributed by atoms with E-state index in [1.165, 1.54) is 22.3 Å². The van der Waals surface area contributed by atoms with Crippen molar-refractivity contribution in [2.75, 3.05) is 26.3 Å². The molecule has 0 spiro atoms. The van der Waals surface area contributed by atoms with Crippen LogP contribution in [0.4, 0.5) is 4.79 Å². The first kappa shape index (κ1) is 26.1. The van der Waals surface area contributed by atoms with Crippen LogP contribution in [-0.4, -0.2) is 70.5 Å². The van der Waals surface area contributed by atoms with Gasteiger partial charge < -0.3 is 24.1 Å². The first-order valence-electron chi connectivity index (χ1n) is 13.8. The molecule has 2 saturated heterocycles. The highest BCUT2D eigenvalue weighted by Crippen LogP contribution is 2.44. The fourth-order valence-electron chi connectivity index (χ4n) is 5.95. The summed E-state index contributed by atoms with van der Waals surface area (Å²) in [4.78, 5) is 14.8. The monoisotopic (exact) mass is 529 g/mol. The summed E-state index contributed by atoms with van der Waals surface area (Å²) in [6, 6.07) is 16.6. The summed E-state index contributed by atoms with van der Waals surface area (Å²) in [5.41, 5.74) is 4.15. The number of carbonyl (C=O) groups is 1. The molecule has 8 nitrogen and oxygen atoms in total. The maximum atomic E-state index is 13.1. The molecular weight excluding hydrogens is 493 g/mol. The molecule has 2 fully saturated rings. The average molecular weight is 529 g/mol. The number of nitrogens with zero attached hydrogens (tertiary/aromatic N) is 3. The third-order valence-electron chi connectivity index (χ3n) is 9.20. The van der Waals surface area contributed by atoms with Gasteiger partial charge in [-0.15, -0.1) is 0 Å². The van der Waals surface area contributed by atoms with Gasteiger partial charge in [-0.3, -0.25) is 4.68 Å². The lowest BCUT2D eigenvalue weighted by atomic mass is 9.81. The maximum Gasteiger partial charge on any atom is 0.498 e. The van der Waals surface area contributed by atoms with Gasteiger partial charge in [0.05, 0.1) is 23.3 Å². The Kier molecular flexibility index (Phi) is 6.36. The molecule has 2 aromatic carbocycles. The third-order valence-corrected chi connectivity index (χ3v) is 9.20. The molecule has 0 saturated carbocycles. The van der Waals surface area contributed by atoms with Gasteiger partial charge in [-0.2, -0.15) is 5.10 Å². The minimum Gasteiger partial charge on any atom is -0.448 e. The molecule has 3 heterocycles. The molecule has 1 N–H and O–H groups in total. The number of benzene rings is 2. The van der Waals surface area contributed by atoms with Crippen molar-refractivity contribution in [1.29, 1.82) is 0 Å². The molecule has 0 unspecified atom stereocenters. The van der Waals surface area contributed by atoms with Gasteiger partial charge in [0.2, 0.25) is 0 Å². The Morgan fingerprint density at radius 3 is 2.13 bits per heavy atom. The van der Waals surface area contributed by atoms with Crippen molar-refractivity contribution in [3.63, 3.8) is 0 Å². The smallest absolute Gasteiger partial charge is 0.448 e. The van der Waals surface area contributed by atoms with Crippen LogP contribution in [0.5, 0.6) is 0 Å². The molecule has 39 heavy (non-hydrogen) atoms. The van der Waals surface area contributed by atoms with Crippen molar-refractivity contribution in [2.45, 2.75) is 63.2 Å². The zero-order valence-electron chi connectivity index (χ0n) is 23.1. The summed E-state index contributed by atoms with van der Waals surface area (Å²) in [5.74, 6) is 0.0279. The van der Waals surface area contributed by atoms with Crippen LogP contribution >= 0.6 is 0 Å². The van der Waals surface area contributed by atoms with Crippen LogP contribution in [-0.2, 0) is 19.6 Å². The maximum absolute atomic E-state index is 13.1. The first-order chi connectivity index (χ1) is 18.6. The Labute approximate surface area is 230 Å². The van der Waals surface area contributed by atoms with Crippen molar-refractivity contribution in [1.82, 2.24) is 14.7 Å². The molecule has 204 valence electrons. The molecule has 1 aliphatic carbocycles. The van der Waals surface area contributed by atoms with Crippen molar-refractivity contribution in [2.24, 2.45) is 0 Å². The molecule has 1 aromatic heterocycles. The topological polar surface area (TPSA) is 86.1 Å². The number of amides is 1. The summed E-state index contributed by atoms with van der Waals surface area (Å²) in [6.45, 7) is 9.25. The molecule has 1 amide bonds. The Hall–Kier alpha value is -3.14. The van der Waals surface area contributed by atoms with Gasteiger partial charge in [-0.05, 0) is 62.8 Å². The number of rotatable bonds is 5. The quantitative estimate of drug-likeness (QED) is 0.505. The van der Waals surface area contributed by atoms with E-state index in [0.29, 0.717) is 32.5 Å². The van der Waals surface area contributed by atoms with E-state index in [2.05, 4.69) is 29.4 Å². The molecule has 0 bridgehead atoms. The van der Waals surface area contributed by atoms with Gasteiger partial charge in [0, 0.05) is 36.9 Å². The van der Waals surface area contributed by atoms with Crippen LogP contribution in [0.1, 0.15) is 57.6 Å². The van der Waals surface area contributed by atoms with E-state index in [9.17, 15) is 9.90 Å². The van der Waals surface area contributed by atoms with Crippen LogP contribution in [0, 0.1) is 0 Å². The van der Waals surface area contributed by atoms with Gasteiger partial charge in [0.1, 0.15) is 6.61 Å². The molecule has 6 rings (SSSR count). The Balaban J connectivity index is 1.10. The van der Waals surface area contributed by atoms with Crippen LogP contribution < -0.4 is 5.46 Å². The minimum atomic E-state index is -0.595. The average Bonchev–Trinajstić information content (AvgIpc) is 3.61. The molecule has 2 aliphatic heterocycles. The SMILES string of the molecule is CC1(C)OB(c2cnn(C3(CO)CCN(C(=O)OCC4c5ccccc5-c5ccccc54)CC3)c2)OC1(C)C. The van der Waals surface area contributed by atoms with E-state index in [4.69, 9.17) is 14.0 Å². The molecule has 3 aliphatic rings. The Morgan fingerprint density at radius 1 is 1.00 bits per heavy atom. The van der Waals surface area contributed by atoms with Gasteiger partial charge >= 0.3 is 13.2 Å². The number of piperidine rings is 1. The number of fused-ring (bicyclic) bond motifs is 3. The summed E-state index contributed by atoms with van der Waals surface area (Å²) in [6.07, 6.45) is 4.47. The minimum absolute atomic E-state index is 0.0279. The van der Waals surface area contributed by atoms with Gasteiger partial charge in [0.15, 0.2) is 0 Å². The molecule has 0 atom stereocenters. The predicted molar refractivity (Wildman–Crippen MR) is 149 cm³/mol. The Morgan fingerprint density at radius 2 is 1.56 bits per heavy atom. The lowest BCUT2D eigenvalue weighted by Gasteiger charge is -2.40. The number of hydrogen-bond donors (Lipinski definition) is 1. The lowest BCUT2D eigenvalue weighted by molar-refractivity contribution is 0.00578. The third kappa shape index (κ3) is 4.37. The van der Waals surface area contributed by atoms with Crippen molar-refractivity contribution < 1.29 is 23.9 Å².